The van der Waals surface area contributed by atoms with Crippen LogP contribution in [0.5, 0.6) is 0 Å². The van der Waals surface area contributed by atoms with E-state index >= 15 is 0 Å². The first-order valence-corrected chi connectivity index (χ1v) is 10.3. The topological polar surface area (TPSA) is 83.8 Å². The van der Waals surface area contributed by atoms with Crippen molar-refractivity contribution in [1.82, 2.24) is 0 Å². The molecule has 0 aliphatic heterocycles. The summed E-state index contributed by atoms with van der Waals surface area (Å²) in [4.78, 5) is 23.9. The van der Waals surface area contributed by atoms with E-state index in [0.29, 0.717) is 19.3 Å². The highest BCUT2D eigenvalue weighted by Gasteiger charge is 2.69. The molecule has 0 aromatic carbocycles. The molecule has 0 aromatic rings. The van der Waals surface area contributed by atoms with Gasteiger partial charge in [-0.1, -0.05) is 25.5 Å². The maximum absolute atomic E-state index is 12.2. The van der Waals surface area contributed by atoms with E-state index in [1.807, 2.05) is 6.92 Å². The molecule has 0 unspecified atom stereocenters. The SMILES string of the molecule is C=C1C[C@]23C[C@@H]1[C@@H](OC(C)=O)C[C@H]2[C@]1(C)CCC[C@@](C)(C(=O)O)[C@H]1C[C@H]3O. The second kappa shape index (κ2) is 5.82. The number of aliphatic hydroxyl groups is 1. The molecule has 4 aliphatic rings. The number of carbonyl (C=O) groups excluding carboxylic acids is 1. The highest BCUT2D eigenvalue weighted by molar-refractivity contribution is 5.75. The molecule has 1 spiro atoms. The lowest BCUT2D eigenvalue weighted by Gasteiger charge is -2.65. The van der Waals surface area contributed by atoms with Crippen molar-refractivity contribution in [2.24, 2.45) is 34.0 Å². The first-order chi connectivity index (χ1) is 12.5. The molecule has 0 amide bonds. The van der Waals surface area contributed by atoms with Crippen LogP contribution in [0.2, 0.25) is 0 Å². The molecule has 4 fully saturated rings. The molecular formula is C22H32O5. The van der Waals surface area contributed by atoms with Crippen molar-refractivity contribution in [1.29, 1.82) is 0 Å². The number of carbonyl (C=O) groups is 2. The van der Waals surface area contributed by atoms with Crippen LogP contribution < -0.4 is 0 Å². The van der Waals surface area contributed by atoms with Crippen LogP contribution in [0.3, 0.4) is 0 Å². The van der Waals surface area contributed by atoms with Crippen LogP contribution in [0, 0.1) is 34.0 Å². The van der Waals surface area contributed by atoms with Crippen molar-refractivity contribution in [2.45, 2.75) is 77.9 Å². The minimum atomic E-state index is -0.807. The fourth-order valence-electron chi connectivity index (χ4n) is 7.80. The molecule has 150 valence electrons. The molecule has 0 aromatic heterocycles. The predicted molar refractivity (Wildman–Crippen MR) is 99.8 cm³/mol. The van der Waals surface area contributed by atoms with Crippen LogP contribution in [-0.2, 0) is 14.3 Å². The predicted octanol–water partition coefficient (Wildman–Crippen LogP) is 3.55. The van der Waals surface area contributed by atoms with Gasteiger partial charge in [0.05, 0.1) is 11.5 Å². The number of esters is 1. The van der Waals surface area contributed by atoms with Gasteiger partial charge in [-0.3, -0.25) is 9.59 Å². The van der Waals surface area contributed by atoms with Crippen LogP contribution in [0.15, 0.2) is 12.2 Å². The number of aliphatic hydroxyl groups excluding tert-OH is 1. The zero-order valence-electron chi connectivity index (χ0n) is 16.7. The van der Waals surface area contributed by atoms with Gasteiger partial charge in [0.1, 0.15) is 6.10 Å². The summed E-state index contributed by atoms with van der Waals surface area (Å²) in [5.41, 5.74) is -0.125. The van der Waals surface area contributed by atoms with Gasteiger partial charge in [0.25, 0.3) is 0 Å². The Labute approximate surface area is 161 Å². The average molecular weight is 376 g/mol. The second-order valence-electron chi connectivity index (χ2n) is 10.2. The first kappa shape index (κ1) is 19.0. The number of fused-ring (bicyclic) bond motifs is 3. The minimum Gasteiger partial charge on any atom is -0.481 e. The Balaban J connectivity index is 1.78. The summed E-state index contributed by atoms with van der Waals surface area (Å²) in [6.07, 6.45) is 4.66. The summed E-state index contributed by atoms with van der Waals surface area (Å²) >= 11 is 0. The van der Waals surface area contributed by atoms with Gasteiger partial charge in [-0.15, -0.1) is 0 Å². The molecule has 0 radical (unpaired) electrons. The van der Waals surface area contributed by atoms with Crippen molar-refractivity contribution >= 4 is 11.9 Å². The molecule has 27 heavy (non-hydrogen) atoms. The van der Waals surface area contributed by atoms with E-state index in [4.69, 9.17) is 4.74 Å². The lowest BCUT2D eigenvalue weighted by molar-refractivity contribution is -0.219. The monoisotopic (exact) mass is 376 g/mol. The molecule has 0 heterocycles. The van der Waals surface area contributed by atoms with Crippen LogP contribution >= 0.6 is 0 Å². The second-order valence-corrected chi connectivity index (χ2v) is 10.2. The van der Waals surface area contributed by atoms with Crippen LogP contribution in [0.25, 0.3) is 0 Å². The molecule has 4 saturated carbocycles. The van der Waals surface area contributed by atoms with Crippen LogP contribution in [-0.4, -0.2) is 34.4 Å². The fourth-order valence-corrected chi connectivity index (χ4v) is 7.80. The molecule has 0 saturated heterocycles. The first-order valence-electron chi connectivity index (χ1n) is 10.3. The van der Waals surface area contributed by atoms with E-state index in [1.165, 1.54) is 6.92 Å². The minimum absolute atomic E-state index is 0.0646. The highest BCUT2D eigenvalue weighted by atomic mass is 16.5. The third kappa shape index (κ3) is 2.39. The summed E-state index contributed by atoms with van der Waals surface area (Å²) < 4.78 is 5.70. The van der Waals surface area contributed by atoms with Gasteiger partial charge < -0.3 is 14.9 Å². The Morgan fingerprint density at radius 3 is 2.52 bits per heavy atom. The smallest absolute Gasteiger partial charge is 0.309 e. The number of rotatable bonds is 2. The normalized spacial score (nSPS) is 51.3. The van der Waals surface area contributed by atoms with E-state index in [2.05, 4.69) is 13.5 Å². The Hall–Kier alpha value is -1.36. The molecule has 4 aliphatic carbocycles. The van der Waals surface area contributed by atoms with Gasteiger partial charge in [0, 0.05) is 18.3 Å². The molecular weight excluding hydrogens is 344 g/mol. The lowest BCUT2D eigenvalue weighted by Crippen LogP contribution is -2.63. The summed E-state index contributed by atoms with van der Waals surface area (Å²) in [5.74, 6) is -0.816. The maximum atomic E-state index is 12.2. The van der Waals surface area contributed by atoms with E-state index < -0.39 is 17.5 Å². The fraction of sp³-hybridized carbons (Fsp3) is 0.818. The summed E-state index contributed by atoms with van der Waals surface area (Å²) in [7, 11) is 0. The van der Waals surface area contributed by atoms with Gasteiger partial charge in [0.2, 0.25) is 0 Å². The number of carboxylic acid groups (broad SMARTS) is 1. The molecule has 5 nitrogen and oxygen atoms in total. The summed E-state index contributed by atoms with van der Waals surface area (Å²) in [5, 5.41) is 21.3. The zero-order chi connectivity index (χ0) is 19.8. The Kier molecular flexibility index (Phi) is 4.09. The highest BCUT2D eigenvalue weighted by Crippen LogP contribution is 2.72. The average Bonchev–Trinajstić information content (AvgIpc) is 2.86. The number of carboxylic acids is 1. The summed E-state index contributed by atoms with van der Waals surface area (Å²) in [6.45, 7) is 9.81. The van der Waals surface area contributed by atoms with Gasteiger partial charge in [-0.2, -0.15) is 0 Å². The van der Waals surface area contributed by atoms with Crippen molar-refractivity contribution in [3.63, 3.8) is 0 Å². The van der Waals surface area contributed by atoms with Crippen LogP contribution in [0.4, 0.5) is 0 Å². The van der Waals surface area contributed by atoms with Gasteiger partial charge in [0.15, 0.2) is 0 Å². The molecule has 4 rings (SSSR count). The number of hydrogen-bond donors (Lipinski definition) is 2. The van der Waals surface area contributed by atoms with E-state index in [0.717, 1.165) is 31.3 Å². The number of aliphatic carboxylic acids is 1. The third-order valence-corrected chi connectivity index (χ3v) is 8.99. The molecule has 2 N–H and O–H groups in total. The maximum Gasteiger partial charge on any atom is 0.309 e. The Morgan fingerprint density at radius 2 is 1.89 bits per heavy atom. The number of hydrogen-bond acceptors (Lipinski definition) is 4. The van der Waals surface area contributed by atoms with Gasteiger partial charge >= 0.3 is 11.9 Å². The van der Waals surface area contributed by atoms with Crippen molar-refractivity contribution in [2.75, 3.05) is 0 Å². The van der Waals surface area contributed by atoms with E-state index in [9.17, 15) is 19.8 Å². The summed E-state index contributed by atoms with van der Waals surface area (Å²) in [6, 6.07) is 0. The standard InChI is InChI=1S/C22H32O5/c1-12-10-22-11-14(12)15(27-13(2)23)8-17(22)20(3)6-5-7-21(4,19(25)26)16(20)9-18(22)24/h14-18,24H,1,5-11H2,2-4H3,(H,25,26)/t14-,15-,16-,17-,18+,20+,21+,22-/m0/s1. The van der Waals surface area contributed by atoms with E-state index in [1.54, 1.807) is 0 Å². The van der Waals surface area contributed by atoms with Crippen LogP contribution in [0.1, 0.15) is 65.7 Å². The lowest BCUT2D eigenvalue weighted by atomic mass is 9.40. The van der Waals surface area contributed by atoms with Crippen molar-refractivity contribution in [3.05, 3.63) is 12.2 Å². The van der Waals surface area contributed by atoms with E-state index in [-0.39, 0.29) is 40.7 Å². The molecule has 8 atom stereocenters. The third-order valence-electron chi connectivity index (χ3n) is 8.99. The van der Waals surface area contributed by atoms with Crippen molar-refractivity contribution < 1.29 is 24.5 Å². The zero-order valence-corrected chi connectivity index (χ0v) is 16.7. The largest absolute Gasteiger partial charge is 0.481 e. The molecule has 5 heteroatoms. The quantitative estimate of drug-likeness (QED) is 0.569. The van der Waals surface area contributed by atoms with Gasteiger partial charge in [-0.05, 0) is 62.7 Å². The van der Waals surface area contributed by atoms with Crippen molar-refractivity contribution in [3.8, 4) is 0 Å². The number of ether oxygens (including phenoxy) is 1. The Morgan fingerprint density at radius 1 is 1.19 bits per heavy atom. The van der Waals surface area contributed by atoms with Gasteiger partial charge in [-0.25, -0.2) is 0 Å². The molecule has 2 bridgehead atoms. The Bertz CT molecular complexity index is 701.